The highest BCUT2D eigenvalue weighted by atomic mass is 35.5. The first kappa shape index (κ1) is 29.0. The van der Waals surface area contributed by atoms with E-state index >= 15 is 0 Å². The summed E-state index contributed by atoms with van der Waals surface area (Å²) >= 11 is 5.93. The highest BCUT2D eigenvalue weighted by molar-refractivity contribution is 7.93. The number of aliphatic hydroxyl groups excluding tert-OH is 1. The molecular formula is C24H32ClN7O6S. The number of methoxy groups -OCH3 is 2. The van der Waals surface area contributed by atoms with E-state index in [9.17, 15) is 13.5 Å². The fourth-order valence-corrected chi connectivity index (χ4v) is 5.50. The number of nitrogens with zero attached hydrogens (tertiary/aromatic N) is 5. The fourth-order valence-electron chi connectivity index (χ4n) is 4.31. The van der Waals surface area contributed by atoms with Crippen LogP contribution in [-0.2, 0) is 14.8 Å². The van der Waals surface area contributed by atoms with Crippen molar-refractivity contribution in [1.82, 2.24) is 30.0 Å². The SMILES string of the molecule is COc1cccc(OC)c1-n1c(NS(=O)(=O)[C@@H](C)[C@@H](OC(C)C)c2ncc(Cl)cn2)nnc1[C@@H]1CCC(O)N1. The lowest BCUT2D eigenvalue weighted by Gasteiger charge is -2.25. The Balaban J connectivity index is 1.79. The third kappa shape index (κ3) is 6.25. The lowest BCUT2D eigenvalue weighted by Crippen LogP contribution is -2.35. The molecule has 0 spiro atoms. The number of para-hydroxylation sites is 1. The van der Waals surface area contributed by atoms with Gasteiger partial charge in [0.05, 0.1) is 31.4 Å². The van der Waals surface area contributed by atoms with Crippen molar-refractivity contribution < 1.29 is 27.7 Å². The predicted octanol–water partition coefficient (Wildman–Crippen LogP) is 2.77. The highest BCUT2D eigenvalue weighted by Crippen LogP contribution is 2.38. The van der Waals surface area contributed by atoms with Crippen LogP contribution >= 0.6 is 11.6 Å². The topological polar surface area (TPSA) is 163 Å². The molecule has 4 rings (SSSR count). The molecule has 212 valence electrons. The lowest BCUT2D eigenvalue weighted by molar-refractivity contribution is 0.00154. The Morgan fingerprint density at radius 1 is 1.10 bits per heavy atom. The van der Waals surface area contributed by atoms with Crippen molar-refractivity contribution in [2.24, 2.45) is 0 Å². The van der Waals surface area contributed by atoms with Gasteiger partial charge in [-0.1, -0.05) is 17.7 Å². The Morgan fingerprint density at radius 2 is 1.74 bits per heavy atom. The number of benzene rings is 1. The van der Waals surface area contributed by atoms with E-state index in [1.54, 1.807) is 32.0 Å². The number of anilines is 1. The number of halogens is 1. The maximum Gasteiger partial charge on any atom is 0.243 e. The molecule has 4 atom stereocenters. The second-order valence-corrected chi connectivity index (χ2v) is 11.7. The first-order valence-corrected chi connectivity index (χ1v) is 14.2. The average Bonchev–Trinajstić information content (AvgIpc) is 3.52. The largest absolute Gasteiger partial charge is 0.494 e. The summed E-state index contributed by atoms with van der Waals surface area (Å²) in [5.41, 5.74) is 0.395. The number of hydrogen-bond donors (Lipinski definition) is 3. The molecule has 0 saturated carbocycles. The Hall–Kier alpha value is -3.04. The van der Waals surface area contributed by atoms with Crippen LogP contribution in [0.4, 0.5) is 5.95 Å². The van der Waals surface area contributed by atoms with E-state index in [2.05, 4.69) is 30.2 Å². The van der Waals surface area contributed by atoms with Gasteiger partial charge in [0, 0.05) is 12.4 Å². The Morgan fingerprint density at radius 3 is 2.28 bits per heavy atom. The molecule has 0 amide bonds. The number of nitrogens with one attached hydrogen (secondary N) is 2. The van der Waals surface area contributed by atoms with Gasteiger partial charge in [-0.05, 0) is 45.7 Å². The number of aromatic nitrogens is 5. The van der Waals surface area contributed by atoms with Gasteiger partial charge < -0.3 is 19.3 Å². The monoisotopic (exact) mass is 581 g/mol. The van der Waals surface area contributed by atoms with Crippen LogP contribution in [0.1, 0.15) is 57.4 Å². The van der Waals surface area contributed by atoms with E-state index < -0.39 is 33.6 Å². The van der Waals surface area contributed by atoms with Gasteiger partial charge in [-0.25, -0.2) is 18.4 Å². The molecule has 3 heterocycles. The molecule has 3 aromatic rings. The van der Waals surface area contributed by atoms with Crippen LogP contribution in [0.25, 0.3) is 5.69 Å². The van der Waals surface area contributed by atoms with E-state index in [-0.39, 0.29) is 17.9 Å². The summed E-state index contributed by atoms with van der Waals surface area (Å²) in [6.45, 7) is 5.07. The molecule has 0 aliphatic carbocycles. The standard InChI is InChI=1S/C24H32ClN7O6S/c1-13(2)38-21(22-26-11-15(25)12-27-22)14(3)39(34,35)31-24-30-29-23(16-9-10-19(33)28-16)32(24)20-17(36-4)7-6-8-18(20)37-5/h6-8,11-14,16,19,21,28,33H,9-10H2,1-5H3,(H,30,31)/t14-,16-,19?,21+/m0/s1. The summed E-state index contributed by atoms with van der Waals surface area (Å²) in [5, 5.41) is 20.8. The predicted molar refractivity (Wildman–Crippen MR) is 144 cm³/mol. The molecular weight excluding hydrogens is 550 g/mol. The van der Waals surface area contributed by atoms with Crippen molar-refractivity contribution in [3.63, 3.8) is 0 Å². The van der Waals surface area contributed by atoms with Crippen molar-refractivity contribution in [3.05, 3.63) is 47.3 Å². The molecule has 2 aromatic heterocycles. The molecule has 0 bridgehead atoms. The second-order valence-electron chi connectivity index (χ2n) is 9.26. The average molecular weight is 582 g/mol. The summed E-state index contributed by atoms with van der Waals surface area (Å²) in [6.07, 6.45) is 1.75. The molecule has 15 heteroatoms. The van der Waals surface area contributed by atoms with Crippen LogP contribution in [0.5, 0.6) is 11.5 Å². The molecule has 1 aliphatic heterocycles. The van der Waals surface area contributed by atoms with Gasteiger partial charge >= 0.3 is 0 Å². The minimum absolute atomic E-state index is 0.0943. The van der Waals surface area contributed by atoms with Gasteiger partial charge in [0.1, 0.15) is 34.8 Å². The molecule has 1 unspecified atom stereocenters. The van der Waals surface area contributed by atoms with Gasteiger partial charge in [-0.3, -0.25) is 14.6 Å². The first-order chi connectivity index (χ1) is 18.6. The molecule has 13 nitrogen and oxygen atoms in total. The minimum atomic E-state index is -4.17. The summed E-state index contributed by atoms with van der Waals surface area (Å²) in [4.78, 5) is 8.38. The minimum Gasteiger partial charge on any atom is -0.494 e. The maximum absolute atomic E-state index is 13.8. The zero-order valence-corrected chi connectivity index (χ0v) is 23.8. The van der Waals surface area contributed by atoms with Crippen LogP contribution in [0.2, 0.25) is 5.02 Å². The van der Waals surface area contributed by atoms with Crippen molar-refractivity contribution in [1.29, 1.82) is 0 Å². The quantitative estimate of drug-likeness (QED) is 0.305. The zero-order valence-electron chi connectivity index (χ0n) is 22.2. The van der Waals surface area contributed by atoms with Crippen molar-refractivity contribution >= 4 is 27.6 Å². The molecule has 3 N–H and O–H groups in total. The van der Waals surface area contributed by atoms with Gasteiger partial charge in [-0.15, -0.1) is 10.2 Å². The second kappa shape index (κ2) is 12.0. The van der Waals surface area contributed by atoms with E-state index in [0.717, 1.165) is 0 Å². The molecule has 1 saturated heterocycles. The number of aliphatic hydroxyl groups is 1. The third-order valence-corrected chi connectivity index (χ3v) is 8.10. The Bertz CT molecular complexity index is 1360. The lowest BCUT2D eigenvalue weighted by atomic mass is 10.2. The van der Waals surface area contributed by atoms with E-state index in [1.165, 1.54) is 38.1 Å². The van der Waals surface area contributed by atoms with Crippen LogP contribution in [-0.4, -0.2) is 70.1 Å². The molecule has 0 radical (unpaired) electrons. The van der Waals surface area contributed by atoms with Gasteiger partial charge in [0.15, 0.2) is 11.6 Å². The summed E-state index contributed by atoms with van der Waals surface area (Å²) in [5.74, 6) is 1.25. The van der Waals surface area contributed by atoms with Crippen molar-refractivity contribution in [2.75, 3.05) is 18.9 Å². The molecule has 39 heavy (non-hydrogen) atoms. The van der Waals surface area contributed by atoms with Crippen LogP contribution in [0.3, 0.4) is 0 Å². The number of rotatable bonds is 11. The summed E-state index contributed by atoms with van der Waals surface area (Å²) in [6, 6.07) is 4.76. The van der Waals surface area contributed by atoms with Gasteiger partial charge in [0.25, 0.3) is 0 Å². The number of ether oxygens (including phenoxy) is 3. The van der Waals surface area contributed by atoms with E-state index in [0.29, 0.717) is 40.9 Å². The third-order valence-electron chi connectivity index (χ3n) is 6.21. The Kier molecular flexibility index (Phi) is 8.91. The smallest absolute Gasteiger partial charge is 0.243 e. The molecule has 1 aliphatic rings. The van der Waals surface area contributed by atoms with Crippen LogP contribution in [0.15, 0.2) is 30.6 Å². The number of hydrogen-bond acceptors (Lipinski definition) is 11. The zero-order chi connectivity index (χ0) is 28.3. The Labute approximate surface area is 231 Å². The van der Waals surface area contributed by atoms with E-state index in [1.807, 2.05) is 0 Å². The van der Waals surface area contributed by atoms with Crippen molar-refractivity contribution in [2.45, 2.75) is 63.3 Å². The maximum atomic E-state index is 13.8. The van der Waals surface area contributed by atoms with Gasteiger partial charge in [-0.2, -0.15) is 0 Å². The van der Waals surface area contributed by atoms with Gasteiger partial charge in [0.2, 0.25) is 16.0 Å². The normalized spacial score (nSPS) is 19.2. The van der Waals surface area contributed by atoms with Crippen LogP contribution < -0.4 is 19.5 Å². The van der Waals surface area contributed by atoms with Crippen LogP contribution in [0, 0.1) is 0 Å². The van der Waals surface area contributed by atoms with Crippen molar-refractivity contribution in [3.8, 4) is 17.2 Å². The molecule has 1 aromatic carbocycles. The fraction of sp³-hybridized carbons (Fsp3) is 0.500. The number of sulfonamides is 1. The summed E-state index contributed by atoms with van der Waals surface area (Å²) < 4.78 is 48.7. The first-order valence-electron chi connectivity index (χ1n) is 12.3. The van der Waals surface area contributed by atoms with E-state index in [4.69, 9.17) is 25.8 Å². The molecule has 1 fully saturated rings. The summed E-state index contributed by atoms with van der Waals surface area (Å²) in [7, 11) is -1.19. The highest BCUT2D eigenvalue weighted by Gasteiger charge is 2.37.